The number of hydrogen-bond donors (Lipinski definition) is 3. The first-order valence-electron chi connectivity index (χ1n) is 14.0. The molecule has 0 aliphatic heterocycles. The molecule has 1 unspecified atom stereocenters. The van der Waals surface area contributed by atoms with Gasteiger partial charge in [0.25, 0.3) is 5.91 Å². The molecule has 1 aliphatic carbocycles. The molecule has 1 atom stereocenters. The van der Waals surface area contributed by atoms with E-state index in [9.17, 15) is 22.8 Å². The number of carboxylic acids is 1. The van der Waals surface area contributed by atoms with Gasteiger partial charge in [-0.15, -0.1) is 24.5 Å². The number of alkyl halides is 3. The number of ether oxygens (including phenoxy) is 1. The first-order valence-corrected chi connectivity index (χ1v) is 14.9. The van der Waals surface area contributed by atoms with Crippen LogP contribution in [0.2, 0.25) is 0 Å². The average molecular weight is 630 g/mol. The van der Waals surface area contributed by atoms with E-state index in [0.717, 1.165) is 17.5 Å². The Morgan fingerprint density at radius 3 is 2.36 bits per heavy atom. The van der Waals surface area contributed by atoms with E-state index >= 15 is 0 Å². The minimum atomic E-state index is -4.77. The Labute approximate surface area is 260 Å². The summed E-state index contributed by atoms with van der Waals surface area (Å²) in [6.07, 6.45) is -4.12. The summed E-state index contributed by atoms with van der Waals surface area (Å²) < 4.78 is 41.7. The van der Waals surface area contributed by atoms with Gasteiger partial charge in [0.2, 0.25) is 0 Å². The van der Waals surface area contributed by atoms with Gasteiger partial charge in [-0.05, 0) is 76.2 Å². The molecule has 6 rings (SSSR count). The zero-order chi connectivity index (χ0) is 31.6. The molecule has 1 heterocycles. The summed E-state index contributed by atoms with van der Waals surface area (Å²) >= 11 is 1.37. The number of rotatable bonds is 10. The van der Waals surface area contributed by atoms with Crippen molar-refractivity contribution < 1.29 is 32.6 Å². The van der Waals surface area contributed by atoms with Crippen LogP contribution in [0, 0.1) is 0 Å². The number of aliphatic carboxylic acids is 1. The Hall–Kier alpha value is -5.16. The maximum Gasteiger partial charge on any atom is 0.573 e. The second-order valence-corrected chi connectivity index (χ2v) is 11.3. The van der Waals surface area contributed by atoms with Crippen molar-refractivity contribution in [1.82, 2.24) is 10.3 Å². The minimum Gasteiger partial charge on any atom is -0.481 e. The van der Waals surface area contributed by atoms with Crippen molar-refractivity contribution in [3.05, 3.63) is 124 Å². The second-order valence-electron chi connectivity index (χ2n) is 10.5. The van der Waals surface area contributed by atoms with Crippen LogP contribution in [0.5, 0.6) is 5.75 Å². The SMILES string of the molecule is O=C(O)CCNC(=O)c1ccc(C(Nc2nc(-c3ccc(OC(F)(F)F)cc3)cs2)c2ccc3c(c2)Cc2ccccc2-3)cc1. The van der Waals surface area contributed by atoms with Crippen molar-refractivity contribution in [3.8, 4) is 28.1 Å². The highest BCUT2D eigenvalue weighted by Crippen LogP contribution is 2.39. The molecule has 0 saturated heterocycles. The second kappa shape index (κ2) is 12.4. The highest BCUT2D eigenvalue weighted by Gasteiger charge is 2.31. The molecule has 0 bridgehead atoms. The first kappa shape index (κ1) is 29.9. The van der Waals surface area contributed by atoms with Crippen molar-refractivity contribution in [1.29, 1.82) is 0 Å². The number of anilines is 1. The molecule has 3 N–H and O–H groups in total. The van der Waals surface area contributed by atoms with Crippen LogP contribution in [0.4, 0.5) is 18.3 Å². The fraction of sp³-hybridized carbons (Fsp3) is 0.147. The number of nitrogens with one attached hydrogen (secondary N) is 2. The summed E-state index contributed by atoms with van der Waals surface area (Å²) in [4.78, 5) is 28.0. The van der Waals surface area contributed by atoms with E-state index in [1.54, 1.807) is 12.1 Å². The Morgan fingerprint density at radius 1 is 0.911 bits per heavy atom. The van der Waals surface area contributed by atoms with Crippen LogP contribution < -0.4 is 15.4 Å². The van der Waals surface area contributed by atoms with Gasteiger partial charge in [-0.1, -0.05) is 54.6 Å². The Kier molecular flexibility index (Phi) is 8.27. The molecular formula is C34H26F3N3O4S. The molecular weight excluding hydrogens is 603 g/mol. The van der Waals surface area contributed by atoms with Gasteiger partial charge in [0.05, 0.1) is 18.2 Å². The van der Waals surface area contributed by atoms with Gasteiger partial charge in [0.1, 0.15) is 5.75 Å². The highest BCUT2D eigenvalue weighted by molar-refractivity contribution is 7.14. The van der Waals surface area contributed by atoms with E-state index in [4.69, 9.17) is 10.1 Å². The molecule has 1 aromatic heterocycles. The zero-order valence-corrected chi connectivity index (χ0v) is 24.4. The first-order chi connectivity index (χ1) is 21.6. The van der Waals surface area contributed by atoms with Crippen LogP contribution in [0.1, 0.15) is 45.1 Å². The number of carbonyl (C=O) groups excluding carboxylic acids is 1. The molecule has 7 nitrogen and oxygen atoms in total. The molecule has 45 heavy (non-hydrogen) atoms. The number of amides is 1. The summed E-state index contributed by atoms with van der Waals surface area (Å²) in [5.74, 6) is -1.66. The fourth-order valence-electron chi connectivity index (χ4n) is 5.34. The number of carbonyl (C=O) groups is 2. The molecule has 228 valence electrons. The summed E-state index contributed by atoms with van der Waals surface area (Å²) in [5.41, 5.74) is 8.38. The third-order valence-electron chi connectivity index (χ3n) is 7.44. The van der Waals surface area contributed by atoms with E-state index in [0.29, 0.717) is 22.0 Å². The van der Waals surface area contributed by atoms with Crippen LogP contribution in [-0.2, 0) is 11.2 Å². The number of halogens is 3. The van der Waals surface area contributed by atoms with Gasteiger partial charge in [-0.25, -0.2) is 4.98 Å². The topological polar surface area (TPSA) is 101 Å². The Morgan fingerprint density at radius 2 is 1.62 bits per heavy atom. The highest BCUT2D eigenvalue weighted by atomic mass is 32.1. The fourth-order valence-corrected chi connectivity index (χ4v) is 6.09. The largest absolute Gasteiger partial charge is 0.573 e. The standard InChI is InChI=1S/C34H26F3N3O4S/c35-34(36,37)44-26-12-9-20(10-13-26)29-19-45-33(39-29)40-31(21-5-7-22(8-6-21)32(43)38-16-15-30(41)42)24-11-14-28-25(18-24)17-23-3-1-2-4-27(23)28/h1-14,18-19,31H,15-17H2,(H,38,43)(H,39,40)(H,41,42). The number of fused-ring (bicyclic) bond motifs is 3. The number of carboxylic acid groups (broad SMARTS) is 1. The monoisotopic (exact) mass is 629 g/mol. The lowest BCUT2D eigenvalue weighted by Gasteiger charge is -2.21. The van der Waals surface area contributed by atoms with Crippen molar-refractivity contribution in [3.63, 3.8) is 0 Å². The van der Waals surface area contributed by atoms with Crippen LogP contribution in [-0.4, -0.2) is 34.9 Å². The van der Waals surface area contributed by atoms with Gasteiger partial charge in [-0.2, -0.15) is 0 Å². The lowest BCUT2D eigenvalue weighted by atomic mass is 9.94. The quantitative estimate of drug-likeness (QED) is 0.144. The summed E-state index contributed by atoms with van der Waals surface area (Å²) in [6, 6.07) is 27.0. The molecule has 0 fully saturated rings. The smallest absolute Gasteiger partial charge is 0.481 e. The predicted octanol–water partition coefficient (Wildman–Crippen LogP) is 7.69. The molecule has 1 amide bonds. The number of thiazole rings is 1. The molecule has 11 heteroatoms. The number of hydrogen-bond acceptors (Lipinski definition) is 6. The third-order valence-corrected chi connectivity index (χ3v) is 8.21. The van der Waals surface area contributed by atoms with Crippen LogP contribution in [0.15, 0.2) is 96.4 Å². The Balaban J connectivity index is 1.27. The predicted molar refractivity (Wildman–Crippen MR) is 165 cm³/mol. The lowest BCUT2D eigenvalue weighted by molar-refractivity contribution is -0.274. The van der Waals surface area contributed by atoms with Crippen LogP contribution in [0.3, 0.4) is 0 Å². The van der Waals surface area contributed by atoms with Gasteiger partial charge in [-0.3, -0.25) is 9.59 Å². The maximum atomic E-state index is 12.6. The Bertz CT molecular complexity index is 1850. The minimum absolute atomic E-state index is 0.0298. The molecule has 0 spiro atoms. The van der Waals surface area contributed by atoms with E-state index in [2.05, 4.69) is 45.7 Å². The van der Waals surface area contributed by atoms with Gasteiger partial charge >= 0.3 is 12.3 Å². The zero-order valence-electron chi connectivity index (χ0n) is 23.6. The number of nitrogens with zero attached hydrogens (tertiary/aromatic N) is 1. The number of aromatic nitrogens is 1. The molecule has 4 aromatic carbocycles. The third kappa shape index (κ3) is 6.99. The van der Waals surface area contributed by atoms with Crippen LogP contribution >= 0.6 is 11.3 Å². The van der Waals surface area contributed by atoms with E-state index < -0.39 is 12.3 Å². The lowest BCUT2D eigenvalue weighted by Crippen LogP contribution is -2.26. The maximum absolute atomic E-state index is 12.6. The van der Waals surface area contributed by atoms with Gasteiger partial charge in [0, 0.05) is 23.1 Å². The summed E-state index contributed by atoms with van der Waals surface area (Å²) in [6.45, 7) is 0.0298. The van der Waals surface area contributed by atoms with Crippen LogP contribution in [0.25, 0.3) is 22.4 Å². The van der Waals surface area contributed by atoms with E-state index in [1.807, 2.05) is 29.6 Å². The van der Waals surface area contributed by atoms with Crippen molar-refractivity contribution in [2.75, 3.05) is 11.9 Å². The van der Waals surface area contributed by atoms with Gasteiger partial charge < -0.3 is 20.5 Å². The normalized spacial score (nSPS) is 12.6. The van der Waals surface area contributed by atoms with Crippen molar-refractivity contribution >= 4 is 28.3 Å². The van der Waals surface area contributed by atoms with Crippen molar-refractivity contribution in [2.24, 2.45) is 0 Å². The average Bonchev–Trinajstić information content (AvgIpc) is 3.63. The number of benzene rings is 4. The summed E-state index contributed by atoms with van der Waals surface area (Å²) in [5, 5.41) is 17.4. The van der Waals surface area contributed by atoms with E-state index in [1.165, 1.54) is 57.9 Å². The van der Waals surface area contributed by atoms with Gasteiger partial charge in [0.15, 0.2) is 5.13 Å². The molecule has 5 aromatic rings. The molecule has 0 radical (unpaired) electrons. The summed E-state index contributed by atoms with van der Waals surface area (Å²) in [7, 11) is 0. The van der Waals surface area contributed by atoms with Crippen molar-refractivity contribution in [2.45, 2.75) is 25.2 Å². The molecule has 1 aliphatic rings. The van der Waals surface area contributed by atoms with E-state index in [-0.39, 0.29) is 30.7 Å². The molecule has 0 saturated carbocycles.